The molecule has 0 fully saturated rings. The molecular formula is C13H12N4O4. The van der Waals surface area contributed by atoms with Crippen molar-refractivity contribution in [1.82, 2.24) is 9.97 Å². The molecule has 8 nitrogen and oxygen atoms in total. The van der Waals surface area contributed by atoms with Crippen molar-refractivity contribution < 1.29 is 14.8 Å². The van der Waals surface area contributed by atoms with Gasteiger partial charge in [0.1, 0.15) is 17.6 Å². The van der Waals surface area contributed by atoms with E-state index in [4.69, 9.17) is 5.11 Å². The first-order valence-electron chi connectivity index (χ1n) is 6.08. The van der Waals surface area contributed by atoms with Crippen molar-refractivity contribution in [3.8, 4) is 0 Å². The van der Waals surface area contributed by atoms with Crippen LogP contribution >= 0.6 is 0 Å². The molecule has 2 N–H and O–H groups in total. The second-order valence-electron chi connectivity index (χ2n) is 4.19. The first kappa shape index (κ1) is 14.4. The van der Waals surface area contributed by atoms with E-state index in [1.165, 1.54) is 0 Å². The minimum Gasteiger partial charge on any atom is -0.478 e. The molecule has 21 heavy (non-hydrogen) atoms. The van der Waals surface area contributed by atoms with Gasteiger partial charge >= 0.3 is 5.97 Å². The molecule has 0 saturated carbocycles. The number of anilines is 1. The van der Waals surface area contributed by atoms with Crippen LogP contribution in [0.3, 0.4) is 0 Å². The highest BCUT2D eigenvalue weighted by Gasteiger charge is 2.17. The number of carboxylic acids is 1. The molecule has 0 bridgehead atoms. The van der Waals surface area contributed by atoms with Crippen molar-refractivity contribution in [3.05, 3.63) is 58.0 Å². The Morgan fingerprint density at radius 1 is 1.43 bits per heavy atom. The summed E-state index contributed by atoms with van der Waals surface area (Å²) in [6.45, 7) is 0.441. The lowest BCUT2D eigenvalue weighted by atomic mass is 10.2. The van der Waals surface area contributed by atoms with Gasteiger partial charge < -0.3 is 10.4 Å². The zero-order valence-corrected chi connectivity index (χ0v) is 10.9. The second-order valence-corrected chi connectivity index (χ2v) is 4.19. The molecule has 0 saturated heterocycles. The summed E-state index contributed by atoms with van der Waals surface area (Å²) in [5, 5.41) is 22.6. The normalized spacial score (nSPS) is 10.1. The quantitative estimate of drug-likeness (QED) is 0.613. The number of nitrogens with zero attached hydrogens (tertiary/aromatic N) is 3. The van der Waals surface area contributed by atoms with Crippen LogP contribution in [0.1, 0.15) is 15.9 Å². The van der Waals surface area contributed by atoms with E-state index in [-0.39, 0.29) is 17.1 Å². The summed E-state index contributed by atoms with van der Waals surface area (Å²) in [4.78, 5) is 28.8. The van der Waals surface area contributed by atoms with E-state index in [1.54, 1.807) is 12.4 Å². The summed E-state index contributed by atoms with van der Waals surface area (Å²) < 4.78 is 0. The highest BCUT2D eigenvalue weighted by atomic mass is 16.6. The lowest BCUT2D eigenvalue weighted by molar-refractivity contribution is -0.385. The van der Waals surface area contributed by atoms with E-state index in [2.05, 4.69) is 15.3 Å². The summed E-state index contributed by atoms with van der Waals surface area (Å²) >= 11 is 0. The largest absolute Gasteiger partial charge is 0.478 e. The Morgan fingerprint density at radius 2 is 2.24 bits per heavy atom. The third-order valence-electron chi connectivity index (χ3n) is 2.74. The number of aromatic nitrogens is 2. The molecule has 0 atom stereocenters. The number of carbonyl (C=O) groups is 1. The van der Waals surface area contributed by atoms with Crippen LogP contribution < -0.4 is 5.32 Å². The van der Waals surface area contributed by atoms with Gasteiger partial charge in [-0.2, -0.15) is 0 Å². The zero-order chi connectivity index (χ0) is 15.2. The van der Waals surface area contributed by atoms with Gasteiger partial charge in [0.05, 0.1) is 4.92 Å². The number of carboxylic acid groups (broad SMARTS) is 1. The number of rotatable bonds is 6. The van der Waals surface area contributed by atoms with Gasteiger partial charge in [0.2, 0.25) is 0 Å². The Balaban J connectivity index is 2.09. The summed E-state index contributed by atoms with van der Waals surface area (Å²) in [5.74, 6) is -1.16. The average Bonchev–Trinajstić information content (AvgIpc) is 2.48. The van der Waals surface area contributed by atoms with Gasteiger partial charge in [-0.25, -0.2) is 9.78 Å². The second kappa shape index (κ2) is 6.42. The number of aromatic carboxylic acids is 1. The number of nitro groups is 1. The minimum atomic E-state index is -1.27. The van der Waals surface area contributed by atoms with Crippen molar-refractivity contribution in [3.63, 3.8) is 0 Å². The fourth-order valence-electron chi connectivity index (χ4n) is 1.73. The maximum atomic E-state index is 11.1. The molecule has 0 aliphatic carbocycles. The smallest absolute Gasteiger partial charge is 0.339 e. The predicted octanol–water partition coefficient (Wildman–Crippen LogP) is 1.74. The maximum Gasteiger partial charge on any atom is 0.339 e. The lowest BCUT2D eigenvalue weighted by Gasteiger charge is -2.08. The number of pyridine rings is 2. The van der Waals surface area contributed by atoms with Crippen LogP contribution in [0, 0.1) is 10.1 Å². The Kier molecular flexibility index (Phi) is 4.39. The van der Waals surface area contributed by atoms with Crippen LogP contribution in [0.4, 0.5) is 11.5 Å². The van der Waals surface area contributed by atoms with E-state index in [0.29, 0.717) is 13.0 Å². The van der Waals surface area contributed by atoms with Crippen molar-refractivity contribution in [1.29, 1.82) is 0 Å². The van der Waals surface area contributed by atoms with Gasteiger partial charge in [0.25, 0.3) is 5.69 Å². The Labute approximate surface area is 119 Å². The Hall–Kier alpha value is -3.03. The van der Waals surface area contributed by atoms with Crippen LogP contribution in [0.15, 0.2) is 36.8 Å². The summed E-state index contributed by atoms with van der Waals surface area (Å²) in [6.07, 6.45) is 5.03. The van der Waals surface area contributed by atoms with E-state index in [1.807, 2.05) is 12.1 Å². The molecule has 0 radical (unpaired) electrons. The molecule has 2 heterocycles. The molecule has 0 aromatic carbocycles. The standard InChI is InChI=1S/C13H12N4O4/c18-13(19)11-6-10(17(20)21)8-16-12(11)15-5-3-9-2-1-4-14-7-9/h1-2,4,6-8H,3,5H2,(H,15,16)(H,18,19). The SMILES string of the molecule is O=C(O)c1cc([N+](=O)[O-])cnc1NCCc1cccnc1. The van der Waals surface area contributed by atoms with Crippen molar-refractivity contribution >= 4 is 17.5 Å². The molecular weight excluding hydrogens is 276 g/mol. The summed E-state index contributed by atoms with van der Waals surface area (Å²) in [6, 6.07) is 4.69. The van der Waals surface area contributed by atoms with Crippen LogP contribution in [-0.4, -0.2) is 32.5 Å². The fraction of sp³-hybridized carbons (Fsp3) is 0.154. The molecule has 108 valence electrons. The summed E-state index contributed by atoms with van der Waals surface area (Å²) in [7, 11) is 0. The van der Waals surface area contributed by atoms with Crippen LogP contribution in [0.2, 0.25) is 0 Å². The third kappa shape index (κ3) is 3.72. The Bertz CT molecular complexity index is 660. The average molecular weight is 288 g/mol. The maximum absolute atomic E-state index is 11.1. The monoisotopic (exact) mass is 288 g/mol. The van der Waals surface area contributed by atoms with Crippen molar-refractivity contribution in [2.24, 2.45) is 0 Å². The first-order valence-corrected chi connectivity index (χ1v) is 6.08. The van der Waals surface area contributed by atoms with E-state index in [9.17, 15) is 14.9 Å². The highest BCUT2D eigenvalue weighted by Crippen LogP contribution is 2.19. The van der Waals surface area contributed by atoms with E-state index in [0.717, 1.165) is 17.8 Å². The van der Waals surface area contributed by atoms with Gasteiger partial charge in [-0.05, 0) is 18.1 Å². The number of hydrogen-bond donors (Lipinski definition) is 2. The van der Waals surface area contributed by atoms with Crippen LogP contribution in [0.25, 0.3) is 0 Å². The summed E-state index contributed by atoms with van der Waals surface area (Å²) in [5.41, 5.74) is 0.407. The van der Waals surface area contributed by atoms with Gasteiger partial charge in [-0.1, -0.05) is 6.07 Å². The molecule has 2 rings (SSSR count). The molecule has 0 amide bonds. The van der Waals surface area contributed by atoms with Gasteiger partial charge in [-0.3, -0.25) is 15.1 Å². The van der Waals surface area contributed by atoms with E-state index < -0.39 is 10.9 Å². The van der Waals surface area contributed by atoms with Crippen LogP contribution in [0.5, 0.6) is 0 Å². The Morgan fingerprint density at radius 3 is 2.86 bits per heavy atom. The highest BCUT2D eigenvalue weighted by molar-refractivity contribution is 5.93. The van der Waals surface area contributed by atoms with Crippen LogP contribution in [-0.2, 0) is 6.42 Å². The minimum absolute atomic E-state index is 0.108. The zero-order valence-electron chi connectivity index (χ0n) is 10.9. The molecule has 8 heteroatoms. The molecule has 2 aromatic rings. The van der Waals surface area contributed by atoms with Gasteiger partial charge in [0, 0.05) is 25.0 Å². The topological polar surface area (TPSA) is 118 Å². The third-order valence-corrected chi connectivity index (χ3v) is 2.74. The van der Waals surface area contributed by atoms with Gasteiger partial charge in [-0.15, -0.1) is 0 Å². The molecule has 0 aliphatic heterocycles. The molecule has 0 aliphatic rings. The number of hydrogen-bond acceptors (Lipinski definition) is 6. The van der Waals surface area contributed by atoms with Gasteiger partial charge in [0.15, 0.2) is 0 Å². The fourth-order valence-corrected chi connectivity index (χ4v) is 1.73. The molecule has 0 spiro atoms. The van der Waals surface area contributed by atoms with Crippen molar-refractivity contribution in [2.45, 2.75) is 6.42 Å². The molecule has 0 unspecified atom stereocenters. The lowest BCUT2D eigenvalue weighted by Crippen LogP contribution is -2.11. The predicted molar refractivity (Wildman–Crippen MR) is 74.3 cm³/mol. The molecule has 2 aromatic heterocycles. The number of nitrogens with one attached hydrogen (secondary N) is 1. The van der Waals surface area contributed by atoms with Crippen molar-refractivity contribution in [2.75, 3.05) is 11.9 Å². The first-order chi connectivity index (χ1) is 10.1. The van der Waals surface area contributed by atoms with E-state index >= 15 is 0 Å².